The molecule has 1 aromatic carbocycles. The first-order valence-corrected chi connectivity index (χ1v) is 7.31. The fourth-order valence-electron chi connectivity index (χ4n) is 2.73. The monoisotopic (exact) mass is 291 g/mol. The van der Waals surface area contributed by atoms with E-state index in [1.165, 1.54) is 0 Å². The lowest BCUT2D eigenvalue weighted by molar-refractivity contribution is -0.141. The predicted octanol–water partition coefficient (Wildman–Crippen LogP) is 2.13. The molecular weight excluding hydrogens is 270 g/mol. The summed E-state index contributed by atoms with van der Waals surface area (Å²) < 4.78 is 5.55. The molecule has 2 rings (SSSR count). The van der Waals surface area contributed by atoms with E-state index in [4.69, 9.17) is 9.84 Å². The quantitative estimate of drug-likeness (QED) is 0.842. The van der Waals surface area contributed by atoms with Crippen molar-refractivity contribution >= 4 is 11.9 Å². The van der Waals surface area contributed by atoms with Crippen molar-refractivity contribution in [1.29, 1.82) is 0 Å². The third-order valence-corrected chi connectivity index (χ3v) is 3.80. The maximum Gasteiger partial charge on any atom is 0.306 e. The van der Waals surface area contributed by atoms with E-state index in [2.05, 4.69) is 5.32 Å². The molecule has 114 valence electrons. The van der Waals surface area contributed by atoms with E-state index >= 15 is 0 Å². The molecule has 1 aromatic rings. The Labute approximate surface area is 124 Å². The van der Waals surface area contributed by atoms with Gasteiger partial charge in [0.05, 0.1) is 5.92 Å². The number of carbonyl (C=O) groups is 2. The minimum atomic E-state index is -0.781. The van der Waals surface area contributed by atoms with E-state index in [9.17, 15) is 9.59 Å². The van der Waals surface area contributed by atoms with Gasteiger partial charge in [-0.05, 0) is 31.7 Å². The Morgan fingerprint density at radius 3 is 2.62 bits per heavy atom. The second-order valence-corrected chi connectivity index (χ2v) is 5.30. The first-order valence-electron chi connectivity index (χ1n) is 7.31. The topological polar surface area (TPSA) is 75.6 Å². The molecule has 1 amide bonds. The van der Waals surface area contributed by atoms with E-state index < -0.39 is 12.1 Å². The highest BCUT2D eigenvalue weighted by Crippen LogP contribution is 2.27. The molecule has 0 aliphatic heterocycles. The molecule has 0 radical (unpaired) electrons. The molecular formula is C16H21NO4. The van der Waals surface area contributed by atoms with Crippen molar-refractivity contribution in [2.24, 2.45) is 5.92 Å². The highest BCUT2D eigenvalue weighted by Gasteiger charge is 2.32. The molecule has 2 N–H and O–H groups in total. The lowest BCUT2D eigenvalue weighted by Gasteiger charge is -2.20. The summed E-state index contributed by atoms with van der Waals surface area (Å²) >= 11 is 0. The molecule has 0 bridgehead atoms. The lowest BCUT2D eigenvalue weighted by atomic mass is 10.1. The second kappa shape index (κ2) is 7.22. The fraction of sp³-hybridized carbons (Fsp3) is 0.500. The molecule has 1 fully saturated rings. The Hall–Kier alpha value is -1.88. The van der Waals surface area contributed by atoms with E-state index in [0.717, 1.165) is 5.56 Å². The Kier molecular flexibility index (Phi) is 5.33. The number of amides is 1. The Bertz CT molecular complexity index is 488. The molecule has 21 heavy (non-hydrogen) atoms. The number of rotatable bonds is 6. The molecule has 5 nitrogen and oxygen atoms in total. The minimum Gasteiger partial charge on any atom is -0.481 e. The van der Waals surface area contributed by atoms with E-state index in [-0.39, 0.29) is 17.9 Å². The van der Waals surface area contributed by atoms with Gasteiger partial charge in [-0.15, -0.1) is 0 Å². The number of hydrogen-bond donors (Lipinski definition) is 2. The SMILES string of the molecule is CCOC(C(=O)N[C@@H]1CC[C@H](C(=O)O)C1)c1ccccc1. The van der Waals surface area contributed by atoms with Crippen LogP contribution in [-0.4, -0.2) is 29.6 Å². The van der Waals surface area contributed by atoms with Gasteiger partial charge in [0.1, 0.15) is 0 Å². The number of hydrogen-bond acceptors (Lipinski definition) is 3. The summed E-state index contributed by atoms with van der Waals surface area (Å²) in [6, 6.07) is 9.25. The zero-order valence-electron chi connectivity index (χ0n) is 12.1. The van der Waals surface area contributed by atoms with Crippen LogP contribution in [-0.2, 0) is 14.3 Å². The van der Waals surface area contributed by atoms with Crippen LogP contribution in [0, 0.1) is 5.92 Å². The second-order valence-electron chi connectivity index (χ2n) is 5.30. The Morgan fingerprint density at radius 1 is 1.33 bits per heavy atom. The zero-order chi connectivity index (χ0) is 15.2. The van der Waals surface area contributed by atoms with Gasteiger partial charge in [-0.2, -0.15) is 0 Å². The van der Waals surface area contributed by atoms with Crippen LogP contribution in [0.25, 0.3) is 0 Å². The molecule has 1 aliphatic carbocycles. The van der Waals surface area contributed by atoms with Gasteiger partial charge < -0.3 is 15.2 Å². The van der Waals surface area contributed by atoms with Gasteiger partial charge in [-0.1, -0.05) is 30.3 Å². The number of carbonyl (C=O) groups excluding carboxylic acids is 1. The molecule has 1 saturated carbocycles. The largest absolute Gasteiger partial charge is 0.481 e. The van der Waals surface area contributed by atoms with Crippen LogP contribution >= 0.6 is 0 Å². The van der Waals surface area contributed by atoms with Crippen molar-refractivity contribution in [3.63, 3.8) is 0 Å². The molecule has 1 aliphatic rings. The molecule has 5 heteroatoms. The lowest BCUT2D eigenvalue weighted by Crippen LogP contribution is -2.37. The van der Waals surface area contributed by atoms with Crippen molar-refractivity contribution in [3.8, 4) is 0 Å². The van der Waals surface area contributed by atoms with Crippen LogP contribution in [0.2, 0.25) is 0 Å². The predicted molar refractivity (Wildman–Crippen MR) is 77.7 cm³/mol. The maximum atomic E-state index is 12.4. The molecule has 1 unspecified atom stereocenters. The summed E-state index contributed by atoms with van der Waals surface area (Å²) in [6.07, 6.45) is 1.18. The Morgan fingerprint density at radius 2 is 2.05 bits per heavy atom. The average Bonchev–Trinajstić information content (AvgIpc) is 2.94. The van der Waals surface area contributed by atoms with Crippen LogP contribution in [0.5, 0.6) is 0 Å². The Balaban J connectivity index is 1.98. The molecule has 0 heterocycles. The highest BCUT2D eigenvalue weighted by molar-refractivity contribution is 5.82. The summed E-state index contributed by atoms with van der Waals surface area (Å²) in [6.45, 7) is 2.29. The van der Waals surface area contributed by atoms with Crippen LogP contribution in [0.15, 0.2) is 30.3 Å². The van der Waals surface area contributed by atoms with Crippen molar-refractivity contribution in [2.75, 3.05) is 6.61 Å². The first-order chi connectivity index (χ1) is 10.1. The van der Waals surface area contributed by atoms with Crippen molar-refractivity contribution < 1.29 is 19.4 Å². The van der Waals surface area contributed by atoms with Gasteiger partial charge in [0.15, 0.2) is 6.10 Å². The number of aliphatic carboxylic acids is 1. The molecule has 0 aromatic heterocycles. The zero-order valence-corrected chi connectivity index (χ0v) is 12.1. The van der Waals surface area contributed by atoms with Crippen LogP contribution in [0.3, 0.4) is 0 Å². The van der Waals surface area contributed by atoms with Crippen LogP contribution in [0.1, 0.15) is 37.9 Å². The first kappa shape index (κ1) is 15.5. The number of carboxylic acids is 1. The molecule has 0 saturated heterocycles. The van der Waals surface area contributed by atoms with E-state index in [0.29, 0.717) is 25.9 Å². The average molecular weight is 291 g/mol. The van der Waals surface area contributed by atoms with Crippen LogP contribution < -0.4 is 5.32 Å². The van der Waals surface area contributed by atoms with Crippen molar-refractivity contribution in [2.45, 2.75) is 38.3 Å². The third kappa shape index (κ3) is 4.04. The summed E-state index contributed by atoms with van der Waals surface area (Å²) in [4.78, 5) is 23.3. The van der Waals surface area contributed by atoms with Gasteiger partial charge in [0, 0.05) is 12.6 Å². The minimum absolute atomic E-state index is 0.0785. The van der Waals surface area contributed by atoms with Crippen LogP contribution in [0.4, 0.5) is 0 Å². The van der Waals surface area contributed by atoms with Crippen molar-refractivity contribution in [3.05, 3.63) is 35.9 Å². The van der Waals surface area contributed by atoms with Gasteiger partial charge >= 0.3 is 5.97 Å². The fourth-order valence-corrected chi connectivity index (χ4v) is 2.73. The maximum absolute atomic E-state index is 12.4. The number of benzene rings is 1. The number of carboxylic acid groups (broad SMARTS) is 1. The van der Waals surface area contributed by atoms with Gasteiger partial charge in [0.25, 0.3) is 5.91 Å². The highest BCUT2D eigenvalue weighted by atomic mass is 16.5. The summed E-state index contributed by atoms with van der Waals surface area (Å²) in [5, 5.41) is 11.9. The summed E-state index contributed by atoms with van der Waals surface area (Å²) in [5.41, 5.74) is 0.810. The summed E-state index contributed by atoms with van der Waals surface area (Å²) in [5.74, 6) is -1.33. The van der Waals surface area contributed by atoms with Gasteiger partial charge in [0.2, 0.25) is 0 Å². The summed E-state index contributed by atoms with van der Waals surface area (Å²) in [7, 11) is 0. The standard InChI is InChI=1S/C16H21NO4/c1-2-21-14(11-6-4-3-5-7-11)15(18)17-13-9-8-12(10-13)16(19)20/h3-7,12-14H,2,8-10H2,1H3,(H,17,18)(H,19,20)/t12-,13+,14?/m0/s1. The van der Waals surface area contributed by atoms with Gasteiger partial charge in [-0.25, -0.2) is 0 Å². The van der Waals surface area contributed by atoms with Gasteiger partial charge in [-0.3, -0.25) is 9.59 Å². The third-order valence-electron chi connectivity index (χ3n) is 3.80. The van der Waals surface area contributed by atoms with E-state index in [1.54, 1.807) is 0 Å². The number of nitrogens with one attached hydrogen (secondary N) is 1. The number of ether oxygens (including phenoxy) is 1. The smallest absolute Gasteiger partial charge is 0.306 e. The normalized spacial score (nSPS) is 22.7. The van der Waals surface area contributed by atoms with Crippen molar-refractivity contribution in [1.82, 2.24) is 5.32 Å². The molecule has 0 spiro atoms. The molecule has 3 atom stereocenters. The van der Waals surface area contributed by atoms with E-state index in [1.807, 2.05) is 37.3 Å².